The average molecular weight is 439 g/mol. The maximum absolute atomic E-state index is 11.6. The molecule has 0 radical (unpaired) electrons. The van der Waals surface area contributed by atoms with Crippen LogP contribution < -0.4 is 5.32 Å². The molecule has 1 amide bonds. The molecule has 5 nitrogen and oxygen atoms in total. The lowest BCUT2D eigenvalue weighted by Gasteiger charge is -2.02. The first-order chi connectivity index (χ1) is 14.5. The summed E-state index contributed by atoms with van der Waals surface area (Å²) in [5.41, 5.74) is 3.44. The molecule has 3 rings (SSSR count). The minimum atomic E-state index is -0.361. The molecule has 0 unspecified atom stereocenters. The number of rotatable bonds is 7. The number of thioether (sulfide) groups is 1. The number of nitrogens with one attached hydrogen (secondary N) is 1. The Kier molecular flexibility index (Phi) is 7.43. The van der Waals surface area contributed by atoms with Gasteiger partial charge in [0.25, 0.3) is 0 Å². The molecule has 3 aromatic rings. The van der Waals surface area contributed by atoms with E-state index in [4.69, 9.17) is 4.74 Å². The molecular formula is C23H22N2O3S2. The summed E-state index contributed by atoms with van der Waals surface area (Å²) in [4.78, 5) is 29.9. The third-order valence-corrected chi connectivity index (χ3v) is 6.03. The maximum atomic E-state index is 11.6. The summed E-state index contributed by atoms with van der Waals surface area (Å²) >= 11 is 3.19. The number of ether oxygens (including phenoxy) is 1. The van der Waals surface area contributed by atoms with Crippen molar-refractivity contribution in [2.75, 3.05) is 18.7 Å². The van der Waals surface area contributed by atoms with E-state index in [9.17, 15) is 9.59 Å². The molecule has 0 fully saturated rings. The fourth-order valence-electron chi connectivity index (χ4n) is 2.78. The van der Waals surface area contributed by atoms with Gasteiger partial charge in [0.15, 0.2) is 5.13 Å². The first-order valence-electron chi connectivity index (χ1n) is 9.25. The van der Waals surface area contributed by atoms with Crippen LogP contribution in [0.1, 0.15) is 39.0 Å². The van der Waals surface area contributed by atoms with Gasteiger partial charge in [-0.2, -0.15) is 0 Å². The minimum absolute atomic E-state index is 0.145. The van der Waals surface area contributed by atoms with Gasteiger partial charge in [-0.05, 0) is 47.7 Å². The zero-order chi connectivity index (χ0) is 21.5. The predicted octanol–water partition coefficient (Wildman–Crippen LogP) is 5.37. The highest BCUT2D eigenvalue weighted by Crippen LogP contribution is 2.28. The first-order valence-corrected chi connectivity index (χ1v) is 11.3. The number of anilines is 1. The van der Waals surface area contributed by atoms with Gasteiger partial charge < -0.3 is 10.1 Å². The van der Waals surface area contributed by atoms with Crippen molar-refractivity contribution >= 4 is 52.3 Å². The monoisotopic (exact) mass is 438 g/mol. The largest absolute Gasteiger partial charge is 0.465 e. The molecule has 1 aromatic heterocycles. The molecule has 1 heterocycles. The number of hydrogen-bond acceptors (Lipinski definition) is 6. The van der Waals surface area contributed by atoms with Gasteiger partial charge in [-0.3, -0.25) is 4.79 Å². The smallest absolute Gasteiger partial charge is 0.337 e. The Morgan fingerprint density at radius 3 is 2.40 bits per heavy atom. The zero-order valence-electron chi connectivity index (χ0n) is 17.0. The Balaban J connectivity index is 1.84. The highest BCUT2D eigenvalue weighted by molar-refractivity contribution is 7.98. The number of methoxy groups -OCH3 is 1. The lowest BCUT2D eigenvalue weighted by atomic mass is 10.1. The molecule has 0 bridgehead atoms. The standard InChI is InChI=1S/C23H22N2O3S2/c1-15(26)24-23-25-20(13-8-16-4-9-18(10-5-16)22(27)28-2)21(30-23)14-17-6-11-19(29-3)12-7-17/h4-13H,14H2,1-3H3,(H,24,25,26). The lowest BCUT2D eigenvalue weighted by molar-refractivity contribution is -0.114. The second kappa shape index (κ2) is 10.2. The number of amides is 1. The number of carbonyl (C=O) groups is 2. The van der Waals surface area contributed by atoms with E-state index >= 15 is 0 Å². The number of carbonyl (C=O) groups excluding carboxylic acids is 2. The summed E-state index contributed by atoms with van der Waals surface area (Å²) in [5, 5.41) is 3.36. The number of aromatic nitrogens is 1. The number of esters is 1. The van der Waals surface area contributed by atoms with Gasteiger partial charge in [-0.25, -0.2) is 9.78 Å². The second-order valence-electron chi connectivity index (χ2n) is 6.48. The van der Waals surface area contributed by atoms with Crippen LogP contribution in [0, 0.1) is 0 Å². The molecule has 0 aliphatic heterocycles. The molecule has 0 atom stereocenters. The summed E-state index contributed by atoms with van der Waals surface area (Å²) in [7, 11) is 1.36. The molecule has 0 saturated carbocycles. The predicted molar refractivity (Wildman–Crippen MR) is 124 cm³/mol. The Labute approximate surface area is 184 Å². The average Bonchev–Trinajstić information content (AvgIpc) is 3.12. The fraction of sp³-hybridized carbons (Fsp3) is 0.174. The third kappa shape index (κ3) is 5.81. The normalized spacial score (nSPS) is 10.9. The van der Waals surface area contributed by atoms with Crippen LogP contribution in [0.15, 0.2) is 53.4 Å². The SMILES string of the molecule is COC(=O)c1ccc(C=Cc2nc(NC(C)=O)sc2Cc2ccc(SC)cc2)cc1. The van der Waals surface area contributed by atoms with Gasteiger partial charge in [0, 0.05) is 23.1 Å². The van der Waals surface area contributed by atoms with E-state index < -0.39 is 0 Å². The summed E-state index contributed by atoms with van der Waals surface area (Å²) in [6.07, 6.45) is 6.65. The molecule has 30 heavy (non-hydrogen) atoms. The second-order valence-corrected chi connectivity index (χ2v) is 8.44. The lowest BCUT2D eigenvalue weighted by Crippen LogP contribution is -2.04. The van der Waals surface area contributed by atoms with E-state index in [2.05, 4.69) is 40.8 Å². The van der Waals surface area contributed by atoms with Crippen molar-refractivity contribution in [3.8, 4) is 0 Å². The van der Waals surface area contributed by atoms with E-state index in [-0.39, 0.29) is 11.9 Å². The summed E-state index contributed by atoms with van der Waals surface area (Å²) < 4.78 is 4.73. The first kappa shape index (κ1) is 21.8. The van der Waals surface area contributed by atoms with E-state index in [1.54, 1.807) is 23.9 Å². The van der Waals surface area contributed by atoms with Gasteiger partial charge in [0.05, 0.1) is 18.4 Å². The number of thiazole rings is 1. The molecule has 0 aliphatic rings. The van der Waals surface area contributed by atoms with Crippen LogP contribution in [-0.4, -0.2) is 30.2 Å². The Morgan fingerprint density at radius 1 is 1.10 bits per heavy atom. The van der Waals surface area contributed by atoms with E-state index in [1.165, 1.54) is 35.8 Å². The summed E-state index contributed by atoms with van der Waals surface area (Å²) in [6, 6.07) is 15.6. The number of benzene rings is 2. The quantitative estimate of drug-likeness (QED) is 0.397. The van der Waals surface area contributed by atoms with Crippen molar-refractivity contribution in [1.82, 2.24) is 4.98 Å². The van der Waals surface area contributed by atoms with Crippen LogP contribution in [-0.2, 0) is 16.0 Å². The van der Waals surface area contributed by atoms with Crippen LogP contribution in [0.3, 0.4) is 0 Å². The summed E-state index contributed by atoms with van der Waals surface area (Å²) in [6.45, 7) is 1.47. The van der Waals surface area contributed by atoms with Gasteiger partial charge in [-0.15, -0.1) is 23.1 Å². The van der Waals surface area contributed by atoms with Crippen molar-refractivity contribution in [3.05, 3.63) is 75.8 Å². The van der Waals surface area contributed by atoms with E-state index in [1.807, 2.05) is 24.3 Å². The van der Waals surface area contributed by atoms with Crippen molar-refractivity contribution in [3.63, 3.8) is 0 Å². The van der Waals surface area contributed by atoms with E-state index in [0.29, 0.717) is 10.7 Å². The van der Waals surface area contributed by atoms with Gasteiger partial charge in [-0.1, -0.05) is 30.3 Å². The van der Waals surface area contributed by atoms with Gasteiger partial charge in [0.1, 0.15) is 0 Å². The number of nitrogens with zero attached hydrogens (tertiary/aromatic N) is 1. The molecule has 0 saturated heterocycles. The minimum Gasteiger partial charge on any atom is -0.465 e. The van der Waals surface area contributed by atoms with Crippen LogP contribution in [0.2, 0.25) is 0 Å². The van der Waals surface area contributed by atoms with Crippen LogP contribution in [0.5, 0.6) is 0 Å². The van der Waals surface area contributed by atoms with E-state index in [0.717, 1.165) is 22.6 Å². The zero-order valence-corrected chi connectivity index (χ0v) is 18.6. The van der Waals surface area contributed by atoms with Crippen molar-refractivity contribution in [2.45, 2.75) is 18.2 Å². The molecule has 0 spiro atoms. The Morgan fingerprint density at radius 2 is 1.80 bits per heavy atom. The van der Waals surface area contributed by atoms with Crippen LogP contribution >= 0.6 is 23.1 Å². The molecule has 2 aromatic carbocycles. The maximum Gasteiger partial charge on any atom is 0.337 e. The number of hydrogen-bond donors (Lipinski definition) is 1. The Bertz CT molecular complexity index is 1060. The van der Waals surface area contributed by atoms with Gasteiger partial charge in [0.2, 0.25) is 5.91 Å². The molecule has 1 N–H and O–H groups in total. The molecule has 154 valence electrons. The van der Waals surface area contributed by atoms with Gasteiger partial charge >= 0.3 is 5.97 Å². The van der Waals surface area contributed by atoms with Crippen LogP contribution in [0.25, 0.3) is 12.2 Å². The molecule has 0 aliphatic carbocycles. The van der Waals surface area contributed by atoms with Crippen LogP contribution in [0.4, 0.5) is 5.13 Å². The third-order valence-electron chi connectivity index (χ3n) is 4.30. The Hall–Kier alpha value is -2.90. The van der Waals surface area contributed by atoms with Crippen molar-refractivity contribution in [2.24, 2.45) is 0 Å². The van der Waals surface area contributed by atoms with Crippen molar-refractivity contribution < 1.29 is 14.3 Å². The summed E-state index contributed by atoms with van der Waals surface area (Å²) in [5.74, 6) is -0.506. The van der Waals surface area contributed by atoms with Crippen molar-refractivity contribution in [1.29, 1.82) is 0 Å². The molecule has 7 heteroatoms. The molecular weight excluding hydrogens is 416 g/mol. The topological polar surface area (TPSA) is 68.3 Å². The fourth-order valence-corrected chi connectivity index (χ4v) is 4.21. The highest BCUT2D eigenvalue weighted by atomic mass is 32.2. The highest BCUT2D eigenvalue weighted by Gasteiger charge is 2.11.